The van der Waals surface area contributed by atoms with Crippen LogP contribution >= 0.6 is 0 Å². The summed E-state index contributed by atoms with van der Waals surface area (Å²) in [6, 6.07) is 9.10. The molecule has 10 nitrogen and oxygen atoms in total. The molecule has 0 spiro atoms. The number of fused-ring (bicyclic) bond motifs is 1. The van der Waals surface area contributed by atoms with Gasteiger partial charge in [0.15, 0.2) is 5.82 Å². The van der Waals surface area contributed by atoms with Gasteiger partial charge in [-0.2, -0.15) is 12.7 Å². The van der Waals surface area contributed by atoms with Crippen molar-refractivity contribution < 1.29 is 22.0 Å². The summed E-state index contributed by atoms with van der Waals surface area (Å²) in [4.78, 5) is 24.4. The van der Waals surface area contributed by atoms with E-state index in [-0.39, 0.29) is 12.2 Å². The van der Waals surface area contributed by atoms with Gasteiger partial charge in [-0.1, -0.05) is 6.92 Å². The number of benzene rings is 1. The van der Waals surface area contributed by atoms with Crippen molar-refractivity contribution in [3.63, 3.8) is 0 Å². The first-order valence-corrected chi connectivity index (χ1v) is 13.8. The Hall–Kier alpha value is -3.94. The average Bonchev–Trinajstić information content (AvgIpc) is 3.38. The monoisotopic (exact) mass is 555 g/mol. The summed E-state index contributed by atoms with van der Waals surface area (Å²) >= 11 is 0. The number of carbonyl (C=O) groups excluding carboxylic acids is 1. The third-order valence-electron chi connectivity index (χ3n) is 6.67. The minimum Gasteiger partial charge on any atom is -0.354 e. The molecule has 0 bridgehead atoms. The maximum atomic E-state index is 15.3. The van der Waals surface area contributed by atoms with E-state index in [2.05, 4.69) is 24.9 Å². The maximum Gasteiger partial charge on any atom is 0.301 e. The first kappa shape index (κ1) is 26.7. The third-order valence-corrected chi connectivity index (χ3v) is 8.22. The molecule has 1 aromatic carbocycles. The van der Waals surface area contributed by atoms with Gasteiger partial charge < -0.3 is 10.2 Å². The van der Waals surface area contributed by atoms with E-state index in [4.69, 9.17) is 0 Å². The lowest BCUT2D eigenvalue weighted by Crippen LogP contribution is -2.43. The Bertz CT molecular complexity index is 1640. The van der Waals surface area contributed by atoms with Crippen LogP contribution in [0.15, 0.2) is 55.0 Å². The van der Waals surface area contributed by atoms with E-state index < -0.39 is 39.0 Å². The van der Waals surface area contributed by atoms with Crippen LogP contribution in [-0.4, -0.2) is 72.9 Å². The second-order valence-corrected chi connectivity index (χ2v) is 10.9. The van der Waals surface area contributed by atoms with Crippen LogP contribution in [0.5, 0.6) is 0 Å². The molecule has 0 amide bonds. The molecule has 4 aromatic rings. The number of piperazine rings is 1. The number of pyridine rings is 2. The number of anilines is 2. The van der Waals surface area contributed by atoms with Gasteiger partial charge in [-0.15, -0.1) is 0 Å². The molecule has 1 saturated heterocycles. The SMILES string of the molecule is CCN(C)S(=O)(=O)Nc1ccc(F)c(C(=O)n2ccc3cc(-c4ccc(N5CCNCC5)nc4)cnc32)c1F. The highest BCUT2D eigenvalue weighted by atomic mass is 32.2. The van der Waals surface area contributed by atoms with Gasteiger partial charge in [0.2, 0.25) is 0 Å². The summed E-state index contributed by atoms with van der Waals surface area (Å²) in [5, 5.41) is 3.89. The fourth-order valence-corrected chi connectivity index (χ4v) is 5.25. The van der Waals surface area contributed by atoms with Crippen molar-refractivity contribution in [2.75, 3.05) is 49.4 Å². The number of rotatable bonds is 7. The van der Waals surface area contributed by atoms with Crippen LogP contribution in [0.4, 0.5) is 20.3 Å². The van der Waals surface area contributed by atoms with E-state index >= 15 is 4.39 Å². The Morgan fingerprint density at radius 1 is 1.08 bits per heavy atom. The Labute approximate surface area is 224 Å². The van der Waals surface area contributed by atoms with Crippen LogP contribution in [0, 0.1) is 11.6 Å². The van der Waals surface area contributed by atoms with Gasteiger partial charge in [-0.3, -0.25) is 14.1 Å². The van der Waals surface area contributed by atoms with Crippen molar-refractivity contribution in [1.82, 2.24) is 24.2 Å². The minimum absolute atomic E-state index is 0.128. The molecule has 0 aliphatic carbocycles. The molecule has 2 N–H and O–H groups in total. The van der Waals surface area contributed by atoms with Gasteiger partial charge >= 0.3 is 10.2 Å². The van der Waals surface area contributed by atoms with Crippen molar-refractivity contribution in [3.05, 3.63) is 72.2 Å². The molecule has 1 aliphatic rings. The zero-order chi connectivity index (χ0) is 27.7. The molecule has 0 atom stereocenters. The molecule has 5 rings (SSSR count). The maximum absolute atomic E-state index is 15.3. The fourth-order valence-electron chi connectivity index (χ4n) is 4.32. The molecule has 39 heavy (non-hydrogen) atoms. The number of nitrogens with one attached hydrogen (secondary N) is 2. The largest absolute Gasteiger partial charge is 0.354 e. The second kappa shape index (κ2) is 10.7. The van der Waals surface area contributed by atoms with Crippen LogP contribution in [0.3, 0.4) is 0 Å². The van der Waals surface area contributed by atoms with Gasteiger partial charge in [-0.25, -0.2) is 18.7 Å². The molecule has 0 radical (unpaired) electrons. The lowest BCUT2D eigenvalue weighted by atomic mass is 10.1. The number of carbonyl (C=O) groups is 1. The lowest BCUT2D eigenvalue weighted by Gasteiger charge is -2.28. The molecular weight excluding hydrogens is 528 g/mol. The van der Waals surface area contributed by atoms with Crippen LogP contribution < -0.4 is 14.9 Å². The van der Waals surface area contributed by atoms with Gasteiger partial charge in [0.25, 0.3) is 5.91 Å². The molecule has 13 heteroatoms. The van der Waals surface area contributed by atoms with Crippen molar-refractivity contribution in [2.24, 2.45) is 0 Å². The molecular formula is C26H27F2N7O3S. The summed E-state index contributed by atoms with van der Waals surface area (Å²) in [5.74, 6) is -2.58. The third kappa shape index (κ3) is 5.20. The van der Waals surface area contributed by atoms with Crippen LogP contribution in [0.1, 0.15) is 17.3 Å². The van der Waals surface area contributed by atoms with Gasteiger partial charge in [0.1, 0.15) is 22.8 Å². The number of hydrogen-bond acceptors (Lipinski definition) is 7. The number of halogens is 2. The van der Waals surface area contributed by atoms with Gasteiger partial charge in [-0.05, 0) is 36.4 Å². The molecule has 0 unspecified atom stereocenters. The first-order valence-electron chi connectivity index (χ1n) is 12.4. The van der Waals surface area contributed by atoms with E-state index in [1.165, 1.54) is 13.2 Å². The molecule has 1 aliphatic heterocycles. The molecule has 3 aromatic heterocycles. The minimum atomic E-state index is -4.09. The normalized spacial score (nSPS) is 14.2. The Morgan fingerprint density at radius 3 is 2.51 bits per heavy atom. The molecule has 0 saturated carbocycles. The summed E-state index contributed by atoms with van der Waals surface area (Å²) in [6.45, 7) is 5.31. The summed E-state index contributed by atoms with van der Waals surface area (Å²) in [6.07, 6.45) is 4.69. The Morgan fingerprint density at radius 2 is 1.82 bits per heavy atom. The van der Waals surface area contributed by atoms with Gasteiger partial charge in [0.05, 0.1) is 5.69 Å². The summed E-state index contributed by atoms with van der Waals surface area (Å²) < 4.78 is 58.7. The predicted octanol–water partition coefficient (Wildman–Crippen LogP) is 3.08. The number of hydrogen-bond donors (Lipinski definition) is 2. The summed E-state index contributed by atoms with van der Waals surface area (Å²) in [5.41, 5.74) is 0.357. The van der Waals surface area contributed by atoms with Crippen molar-refractivity contribution in [1.29, 1.82) is 0 Å². The highest BCUT2D eigenvalue weighted by Gasteiger charge is 2.26. The quantitative estimate of drug-likeness (QED) is 0.361. The Balaban J connectivity index is 1.43. The lowest BCUT2D eigenvalue weighted by molar-refractivity contribution is 0.0956. The highest BCUT2D eigenvalue weighted by molar-refractivity contribution is 7.90. The average molecular weight is 556 g/mol. The predicted molar refractivity (Wildman–Crippen MR) is 145 cm³/mol. The fraction of sp³-hybridized carbons (Fsp3) is 0.269. The smallest absolute Gasteiger partial charge is 0.301 e. The number of aromatic nitrogens is 3. The second-order valence-electron chi connectivity index (χ2n) is 9.08. The van der Waals surface area contributed by atoms with E-state index in [1.807, 2.05) is 18.2 Å². The molecule has 204 valence electrons. The van der Waals surface area contributed by atoms with E-state index in [1.54, 1.807) is 25.4 Å². The number of nitrogens with zero attached hydrogens (tertiary/aromatic N) is 5. The van der Waals surface area contributed by atoms with Crippen LogP contribution in [-0.2, 0) is 10.2 Å². The van der Waals surface area contributed by atoms with E-state index in [0.717, 1.165) is 64.1 Å². The molecule has 1 fully saturated rings. The van der Waals surface area contributed by atoms with Crippen LogP contribution in [0.25, 0.3) is 22.2 Å². The van der Waals surface area contributed by atoms with Crippen LogP contribution in [0.2, 0.25) is 0 Å². The van der Waals surface area contributed by atoms with Crippen molar-refractivity contribution in [3.8, 4) is 11.1 Å². The standard InChI is InChI=1S/C26H27F2N7O3S/c1-3-33(2)39(37,38)32-21-6-5-20(27)23(24(21)28)26(36)35-11-8-17-14-19(16-31-25(17)35)18-4-7-22(30-15-18)34-12-9-29-10-13-34/h4-8,11,14-16,29,32H,3,9-10,12-13H2,1-2H3. The van der Waals surface area contributed by atoms with E-state index in [0.29, 0.717) is 5.39 Å². The Kier molecular flexibility index (Phi) is 7.30. The van der Waals surface area contributed by atoms with Gasteiger partial charge in [0, 0.05) is 74.9 Å². The summed E-state index contributed by atoms with van der Waals surface area (Å²) in [7, 11) is -2.79. The highest BCUT2D eigenvalue weighted by Crippen LogP contribution is 2.27. The zero-order valence-corrected chi connectivity index (χ0v) is 22.2. The van der Waals surface area contributed by atoms with E-state index in [9.17, 15) is 17.6 Å². The molecule has 4 heterocycles. The topological polar surface area (TPSA) is 112 Å². The van der Waals surface area contributed by atoms with Crippen molar-refractivity contribution in [2.45, 2.75) is 6.92 Å². The first-order chi connectivity index (χ1) is 18.7. The van der Waals surface area contributed by atoms with Crippen molar-refractivity contribution >= 4 is 38.7 Å². The zero-order valence-electron chi connectivity index (χ0n) is 21.4.